The van der Waals surface area contributed by atoms with Gasteiger partial charge in [-0.1, -0.05) is 11.6 Å². The predicted molar refractivity (Wildman–Crippen MR) is 70.9 cm³/mol. The molecule has 18 heavy (non-hydrogen) atoms. The largest absolute Gasteiger partial charge is 0.466 e. The van der Waals surface area contributed by atoms with Gasteiger partial charge in [0, 0.05) is 19.2 Å². The number of carbonyl (C=O) groups excluding carboxylic acids is 1. The van der Waals surface area contributed by atoms with Crippen molar-refractivity contribution in [3.8, 4) is 0 Å². The van der Waals surface area contributed by atoms with Crippen molar-refractivity contribution in [3.63, 3.8) is 0 Å². The van der Waals surface area contributed by atoms with Crippen LogP contribution in [-0.4, -0.2) is 35.6 Å². The molecule has 0 bridgehead atoms. The van der Waals surface area contributed by atoms with Gasteiger partial charge in [0.1, 0.15) is 16.8 Å². The van der Waals surface area contributed by atoms with E-state index in [1.54, 1.807) is 19.9 Å². The number of nitrogens with zero attached hydrogens (tertiary/aromatic N) is 3. The minimum Gasteiger partial charge on any atom is -0.466 e. The molecular formula is C12H18ClN3O2. The van der Waals surface area contributed by atoms with Crippen LogP contribution < -0.4 is 4.90 Å². The maximum Gasteiger partial charge on any atom is 0.307 e. The Kier molecular flexibility index (Phi) is 5.34. The molecule has 1 atom stereocenters. The third-order valence-corrected chi connectivity index (χ3v) is 2.78. The van der Waals surface area contributed by atoms with E-state index >= 15 is 0 Å². The highest BCUT2D eigenvalue weighted by atomic mass is 35.5. The highest BCUT2D eigenvalue weighted by Gasteiger charge is 2.16. The van der Waals surface area contributed by atoms with Crippen LogP contribution in [0.15, 0.2) is 6.07 Å². The first-order valence-electron chi connectivity index (χ1n) is 5.83. The van der Waals surface area contributed by atoms with Gasteiger partial charge in [-0.25, -0.2) is 9.97 Å². The number of anilines is 1. The molecule has 1 aromatic rings. The molecule has 0 radical (unpaired) electrons. The molecule has 0 aliphatic heterocycles. The molecule has 5 nitrogen and oxygen atoms in total. The minimum atomic E-state index is -0.214. The van der Waals surface area contributed by atoms with Crippen molar-refractivity contribution in [2.24, 2.45) is 0 Å². The van der Waals surface area contributed by atoms with Gasteiger partial charge >= 0.3 is 5.97 Å². The first kappa shape index (κ1) is 14.7. The lowest BCUT2D eigenvalue weighted by Crippen LogP contribution is -2.32. The minimum absolute atomic E-state index is 0.0191. The maximum atomic E-state index is 11.4. The summed E-state index contributed by atoms with van der Waals surface area (Å²) in [4.78, 5) is 21.6. The molecule has 0 saturated carbocycles. The molecule has 0 amide bonds. The fourth-order valence-corrected chi connectivity index (χ4v) is 1.74. The number of aryl methyl sites for hydroxylation is 1. The van der Waals surface area contributed by atoms with Crippen molar-refractivity contribution in [1.82, 2.24) is 9.97 Å². The van der Waals surface area contributed by atoms with E-state index in [0.717, 1.165) is 0 Å². The van der Waals surface area contributed by atoms with Gasteiger partial charge in [-0.05, 0) is 20.8 Å². The number of ether oxygens (including phenoxy) is 1. The Morgan fingerprint density at radius 3 is 2.78 bits per heavy atom. The second-order valence-electron chi connectivity index (χ2n) is 4.07. The van der Waals surface area contributed by atoms with E-state index in [1.165, 1.54) is 0 Å². The molecule has 0 saturated heterocycles. The summed E-state index contributed by atoms with van der Waals surface area (Å²) in [6.07, 6.45) is 0.311. The molecular weight excluding hydrogens is 254 g/mol. The number of hydrogen-bond donors (Lipinski definition) is 0. The van der Waals surface area contributed by atoms with Gasteiger partial charge in [-0.15, -0.1) is 0 Å². The van der Waals surface area contributed by atoms with Gasteiger partial charge < -0.3 is 9.64 Å². The standard InChI is InChI=1S/C12H18ClN3O2/c1-5-18-12(17)6-8(2)16(4)11-7-10(13)14-9(3)15-11/h7-8H,5-6H2,1-4H3. The first-order valence-corrected chi connectivity index (χ1v) is 6.21. The Labute approximate surface area is 112 Å². The van der Waals surface area contributed by atoms with Crippen LogP contribution in [0.3, 0.4) is 0 Å². The summed E-state index contributed by atoms with van der Waals surface area (Å²) >= 11 is 5.88. The number of esters is 1. The monoisotopic (exact) mass is 271 g/mol. The first-order chi connectivity index (χ1) is 8.43. The maximum absolute atomic E-state index is 11.4. The van der Waals surface area contributed by atoms with Gasteiger partial charge in [-0.3, -0.25) is 4.79 Å². The number of carbonyl (C=O) groups is 1. The quantitative estimate of drug-likeness (QED) is 0.607. The van der Waals surface area contributed by atoms with Crippen LogP contribution in [0.25, 0.3) is 0 Å². The average molecular weight is 272 g/mol. The van der Waals surface area contributed by atoms with Gasteiger partial charge in [0.15, 0.2) is 0 Å². The smallest absolute Gasteiger partial charge is 0.307 e. The molecule has 0 fully saturated rings. The molecule has 0 N–H and O–H groups in total. The van der Waals surface area contributed by atoms with Crippen molar-refractivity contribution in [2.45, 2.75) is 33.2 Å². The topological polar surface area (TPSA) is 55.3 Å². The van der Waals surface area contributed by atoms with E-state index in [1.807, 2.05) is 18.9 Å². The van der Waals surface area contributed by atoms with E-state index in [0.29, 0.717) is 29.8 Å². The highest BCUT2D eigenvalue weighted by Crippen LogP contribution is 2.18. The summed E-state index contributed by atoms with van der Waals surface area (Å²) in [5, 5.41) is 0.396. The molecule has 0 aliphatic rings. The number of aromatic nitrogens is 2. The van der Waals surface area contributed by atoms with Crippen molar-refractivity contribution >= 4 is 23.4 Å². The molecule has 6 heteroatoms. The van der Waals surface area contributed by atoms with Crippen LogP contribution in [0, 0.1) is 6.92 Å². The van der Waals surface area contributed by atoms with E-state index in [9.17, 15) is 4.79 Å². The zero-order valence-electron chi connectivity index (χ0n) is 11.1. The molecule has 0 aliphatic carbocycles. The van der Waals surface area contributed by atoms with Crippen molar-refractivity contribution in [1.29, 1.82) is 0 Å². The van der Waals surface area contributed by atoms with E-state index in [-0.39, 0.29) is 12.0 Å². The summed E-state index contributed by atoms with van der Waals surface area (Å²) in [7, 11) is 1.86. The van der Waals surface area contributed by atoms with Crippen LogP contribution in [-0.2, 0) is 9.53 Å². The summed E-state index contributed by atoms with van der Waals surface area (Å²) in [6.45, 7) is 5.90. The van der Waals surface area contributed by atoms with Crippen molar-refractivity contribution in [2.75, 3.05) is 18.6 Å². The number of halogens is 1. The average Bonchev–Trinajstić information content (AvgIpc) is 2.26. The molecule has 1 unspecified atom stereocenters. The predicted octanol–water partition coefficient (Wildman–Crippen LogP) is 2.22. The lowest BCUT2D eigenvalue weighted by Gasteiger charge is -2.25. The molecule has 1 aromatic heterocycles. The van der Waals surface area contributed by atoms with Gasteiger partial charge in [0.25, 0.3) is 0 Å². The number of rotatable bonds is 5. The van der Waals surface area contributed by atoms with Gasteiger partial charge in [0.05, 0.1) is 13.0 Å². The summed E-state index contributed by atoms with van der Waals surface area (Å²) in [5.74, 6) is 1.09. The van der Waals surface area contributed by atoms with Crippen molar-refractivity contribution < 1.29 is 9.53 Å². The molecule has 0 aromatic carbocycles. The fraction of sp³-hybridized carbons (Fsp3) is 0.583. The molecule has 1 heterocycles. The van der Waals surface area contributed by atoms with Gasteiger partial charge in [0.2, 0.25) is 0 Å². The Balaban J connectivity index is 2.73. The Hall–Kier alpha value is -1.36. The second kappa shape index (κ2) is 6.54. The van der Waals surface area contributed by atoms with Gasteiger partial charge in [-0.2, -0.15) is 0 Å². The second-order valence-corrected chi connectivity index (χ2v) is 4.45. The van der Waals surface area contributed by atoms with Crippen LogP contribution in [0.4, 0.5) is 5.82 Å². The SMILES string of the molecule is CCOC(=O)CC(C)N(C)c1cc(Cl)nc(C)n1. The molecule has 1 rings (SSSR count). The normalized spacial score (nSPS) is 12.1. The van der Waals surface area contributed by atoms with E-state index in [4.69, 9.17) is 16.3 Å². The van der Waals surface area contributed by atoms with Crippen LogP contribution in [0.2, 0.25) is 5.15 Å². The number of hydrogen-bond acceptors (Lipinski definition) is 5. The van der Waals surface area contributed by atoms with Crippen LogP contribution >= 0.6 is 11.6 Å². The van der Waals surface area contributed by atoms with E-state index in [2.05, 4.69) is 9.97 Å². The van der Waals surface area contributed by atoms with Crippen LogP contribution in [0.5, 0.6) is 0 Å². The third kappa shape index (κ3) is 4.14. The zero-order chi connectivity index (χ0) is 13.7. The Morgan fingerprint density at radius 2 is 2.22 bits per heavy atom. The molecule has 100 valence electrons. The van der Waals surface area contributed by atoms with Crippen LogP contribution in [0.1, 0.15) is 26.1 Å². The Morgan fingerprint density at radius 1 is 1.56 bits per heavy atom. The fourth-order valence-electron chi connectivity index (χ4n) is 1.52. The summed E-state index contributed by atoms with van der Waals surface area (Å²) < 4.78 is 4.92. The Bertz CT molecular complexity index is 406. The lowest BCUT2D eigenvalue weighted by molar-refractivity contribution is -0.143. The molecule has 0 spiro atoms. The lowest BCUT2D eigenvalue weighted by atomic mass is 10.2. The summed E-state index contributed by atoms with van der Waals surface area (Å²) in [5.41, 5.74) is 0. The third-order valence-electron chi connectivity index (χ3n) is 2.58. The highest BCUT2D eigenvalue weighted by molar-refractivity contribution is 6.29. The van der Waals surface area contributed by atoms with E-state index < -0.39 is 0 Å². The summed E-state index contributed by atoms with van der Waals surface area (Å²) in [6, 6.07) is 1.66. The van der Waals surface area contributed by atoms with Crippen molar-refractivity contribution in [3.05, 3.63) is 17.0 Å². The zero-order valence-corrected chi connectivity index (χ0v) is 11.9.